The van der Waals surface area contributed by atoms with E-state index in [-0.39, 0.29) is 42.8 Å². The average Bonchev–Trinajstić information content (AvgIpc) is 2.70. The summed E-state index contributed by atoms with van der Waals surface area (Å²) in [7, 11) is -3.80. The predicted octanol–water partition coefficient (Wildman–Crippen LogP) is 7.46. The normalized spacial score (nSPS) is 11.5. The van der Waals surface area contributed by atoms with E-state index in [4.69, 9.17) is 8.37 Å². The van der Waals surface area contributed by atoms with Gasteiger partial charge in [-0.15, -0.1) is 0 Å². The fourth-order valence-corrected chi connectivity index (χ4v) is 4.25. The maximum absolute atomic E-state index is 11.7. The number of hydrogen-bond acceptors (Lipinski definition) is 4. The molecule has 0 aromatic carbocycles. The Hall–Kier alpha value is 0.870. The second-order valence-electron chi connectivity index (χ2n) is 8.42. The molecule has 30 heavy (non-hydrogen) atoms. The molecule has 0 aliphatic heterocycles. The Morgan fingerprint density at radius 1 is 0.433 bits per heavy atom. The Morgan fingerprint density at radius 2 is 0.667 bits per heavy atom. The van der Waals surface area contributed by atoms with E-state index in [0.29, 0.717) is 0 Å². The zero-order valence-electron chi connectivity index (χ0n) is 19.6. The zero-order chi connectivity index (χ0) is 21.5. The van der Waals surface area contributed by atoms with Crippen LogP contribution in [0.15, 0.2) is 0 Å². The van der Waals surface area contributed by atoms with Crippen LogP contribution in [-0.4, -0.2) is 51.2 Å². The monoisotopic (exact) mass is 458 g/mol. The van der Waals surface area contributed by atoms with Gasteiger partial charge in [0.2, 0.25) is 0 Å². The van der Waals surface area contributed by atoms with Crippen molar-refractivity contribution in [3.63, 3.8) is 0 Å². The third kappa shape index (κ3) is 26.9. The Labute approximate surface area is 211 Å². The molecule has 0 bridgehead atoms. The van der Waals surface area contributed by atoms with E-state index in [0.717, 1.165) is 32.1 Å². The van der Waals surface area contributed by atoms with Crippen molar-refractivity contribution in [1.29, 1.82) is 0 Å². The molecule has 0 spiro atoms. The Bertz CT molecular complexity index is 415. The van der Waals surface area contributed by atoms with Crippen LogP contribution in [0.4, 0.5) is 0 Å². The van der Waals surface area contributed by atoms with Gasteiger partial charge in [-0.2, -0.15) is 8.42 Å². The van der Waals surface area contributed by atoms with Gasteiger partial charge in [-0.1, -0.05) is 129 Å². The molecule has 0 aliphatic carbocycles. The van der Waals surface area contributed by atoms with E-state index in [2.05, 4.69) is 13.8 Å². The summed E-state index contributed by atoms with van der Waals surface area (Å²) >= 11 is 0. The van der Waals surface area contributed by atoms with E-state index in [1.165, 1.54) is 96.3 Å². The van der Waals surface area contributed by atoms with Crippen molar-refractivity contribution in [3.05, 3.63) is 0 Å². The van der Waals surface area contributed by atoms with Crippen LogP contribution in [0.25, 0.3) is 0 Å². The summed E-state index contributed by atoms with van der Waals surface area (Å²) in [5, 5.41) is 0. The quantitative estimate of drug-likeness (QED) is 0.111. The Balaban J connectivity index is 0. The minimum atomic E-state index is -3.80. The average molecular weight is 459 g/mol. The molecule has 0 saturated heterocycles. The van der Waals surface area contributed by atoms with Crippen LogP contribution >= 0.6 is 0 Å². The van der Waals surface area contributed by atoms with Gasteiger partial charge in [0.1, 0.15) is 0 Å². The van der Waals surface area contributed by atoms with E-state index in [9.17, 15) is 8.42 Å². The zero-order valence-corrected chi connectivity index (χ0v) is 20.4. The van der Waals surface area contributed by atoms with Gasteiger partial charge < -0.3 is 0 Å². The van der Waals surface area contributed by atoms with E-state index >= 15 is 0 Å². The minimum absolute atomic E-state index is 0. The van der Waals surface area contributed by atoms with Gasteiger partial charge in [-0.05, 0) is 12.8 Å². The standard InChI is InChI=1S/C24H50O4S.Na.H/c1-3-5-7-9-11-12-13-14-15-16-17-18-20-22-24-28-29(25,26)27-23-21-19-10-8-6-4-2;;/h3-24H2,1-2H3;;. The molecule has 0 rings (SSSR count). The molecule has 4 nitrogen and oxygen atoms in total. The molecule has 0 amide bonds. The molecule has 6 heteroatoms. The van der Waals surface area contributed by atoms with Crippen LogP contribution in [0.5, 0.6) is 0 Å². The van der Waals surface area contributed by atoms with E-state index in [1.54, 1.807) is 0 Å². The third-order valence-corrected chi connectivity index (χ3v) is 6.36. The fraction of sp³-hybridized carbons (Fsp3) is 1.00. The molecule has 0 atom stereocenters. The van der Waals surface area contributed by atoms with Crippen molar-refractivity contribution in [2.75, 3.05) is 13.2 Å². The summed E-state index contributed by atoms with van der Waals surface area (Å²) in [4.78, 5) is 0. The molecule has 0 heterocycles. The maximum atomic E-state index is 11.7. The molecule has 0 aromatic rings. The summed E-state index contributed by atoms with van der Waals surface area (Å²) in [5.41, 5.74) is 0. The van der Waals surface area contributed by atoms with Gasteiger partial charge in [-0.25, -0.2) is 8.37 Å². The second kappa shape index (κ2) is 26.1. The molecular weight excluding hydrogens is 407 g/mol. The van der Waals surface area contributed by atoms with Gasteiger partial charge in [0.25, 0.3) is 0 Å². The van der Waals surface area contributed by atoms with Crippen LogP contribution in [0.2, 0.25) is 0 Å². The van der Waals surface area contributed by atoms with Gasteiger partial charge in [0.15, 0.2) is 0 Å². The number of rotatable bonds is 24. The summed E-state index contributed by atoms with van der Waals surface area (Å²) < 4.78 is 33.1. The van der Waals surface area contributed by atoms with Crippen molar-refractivity contribution in [1.82, 2.24) is 0 Å². The summed E-state index contributed by atoms with van der Waals surface area (Å²) in [6.45, 7) is 4.94. The first kappa shape index (κ1) is 33.0. The Morgan fingerprint density at radius 3 is 0.933 bits per heavy atom. The summed E-state index contributed by atoms with van der Waals surface area (Å²) in [6.07, 6.45) is 24.6. The molecular formula is C24H51NaO4S. The van der Waals surface area contributed by atoms with Gasteiger partial charge in [0, 0.05) is 0 Å². The van der Waals surface area contributed by atoms with Crippen LogP contribution in [0.1, 0.15) is 142 Å². The van der Waals surface area contributed by atoms with E-state index in [1.807, 2.05) is 0 Å². The topological polar surface area (TPSA) is 52.6 Å². The molecule has 0 aliphatic rings. The van der Waals surface area contributed by atoms with Crippen molar-refractivity contribution < 1.29 is 16.8 Å². The second-order valence-corrected chi connectivity index (χ2v) is 9.70. The number of unbranched alkanes of at least 4 members (excludes halogenated alkanes) is 18. The molecule has 0 N–H and O–H groups in total. The van der Waals surface area contributed by atoms with Gasteiger partial charge in [-0.3, -0.25) is 0 Å². The predicted molar refractivity (Wildman–Crippen MR) is 132 cm³/mol. The van der Waals surface area contributed by atoms with Crippen LogP contribution < -0.4 is 0 Å². The summed E-state index contributed by atoms with van der Waals surface area (Å²) in [6, 6.07) is 0. The van der Waals surface area contributed by atoms with Crippen LogP contribution in [0.3, 0.4) is 0 Å². The van der Waals surface area contributed by atoms with Gasteiger partial charge in [0.05, 0.1) is 13.2 Å². The molecule has 0 fully saturated rings. The van der Waals surface area contributed by atoms with Crippen molar-refractivity contribution in [2.45, 2.75) is 142 Å². The van der Waals surface area contributed by atoms with Crippen LogP contribution in [-0.2, 0) is 18.8 Å². The van der Waals surface area contributed by atoms with Crippen molar-refractivity contribution in [2.24, 2.45) is 0 Å². The molecule has 178 valence electrons. The summed E-state index contributed by atoms with van der Waals surface area (Å²) in [5.74, 6) is 0. The van der Waals surface area contributed by atoms with Crippen molar-refractivity contribution >= 4 is 40.0 Å². The van der Waals surface area contributed by atoms with E-state index < -0.39 is 10.4 Å². The van der Waals surface area contributed by atoms with Gasteiger partial charge >= 0.3 is 40.0 Å². The first-order valence-corrected chi connectivity index (χ1v) is 14.0. The van der Waals surface area contributed by atoms with Crippen molar-refractivity contribution in [3.8, 4) is 0 Å². The Kier molecular flexibility index (Phi) is 28.8. The molecule has 0 aromatic heterocycles. The molecule has 0 saturated carbocycles. The van der Waals surface area contributed by atoms with Crippen LogP contribution in [0, 0.1) is 0 Å². The first-order chi connectivity index (χ1) is 14.1. The first-order valence-electron chi connectivity index (χ1n) is 12.7. The SMILES string of the molecule is CCCCCCCCCCCCCCCCOS(=O)(=O)OCCCCCCCC.[NaH]. The fourth-order valence-electron chi connectivity index (χ4n) is 3.53. The number of hydrogen-bond donors (Lipinski definition) is 0. The molecule has 0 unspecified atom stereocenters. The third-order valence-electron chi connectivity index (χ3n) is 5.45. The molecule has 0 radical (unpaired) electrons.